The molecule has 1 aromatic heterocycles. The highest BCUT2D eigenvalue weighted by molar-refractivity contribution is 9.10. The van der Waals surface area contributed by atoms with Crippen LogP contribution in [-0.2, 0) is 9.53 Å². The summed E-state index contributed by atoms with van der Waals surface area (Å²) in [5, 5.41) is 14.0. The normalized spacial score (nSPS) is 15.5. The number of Topliss-reactive ketones (excluding diaryl/α,β-unsaturated/α-hetero) is 1. The van der Waals surface area contributed by atoms with Crippen molar-refractivity contribution in [2.75, 3.05) is 12.4 Å². The molecule has 1 atom stereocenters. The lowest BCUT2D eigenvalue weighted by atomic mass is 9.89. The molecule has 2 heterocycles. The fourth-order valence-electron chi connectivity index (χ4n) is 3.13. The molecule has 0 amide bonds. The second-order valence-corrected chi connectivity index (χ2v) is 7.03. The Balaban J connectivity index is 1.97. The van der Waals surface area contributed by atoms with Crippen molar-refractivity contribution in [3.8, 4) is 0 Å². The molecule has 0 spiro atoms. The number of methoxy groups -OCH3 is 1. The predicted molar refractivity (Wildman–Crippen MR) is 103 cm³/mol. The number of nitrogens with one attached hydrogen (secondary N) is 1. The van der Waals surface area contributed by atoms with E-state index >= 15 is 0 Å². The standard InChI is InChI=1S/C19H13BrFN5O3/c1-29-18(28)15-14(17(27)10-6-8-11(20)9-7-10)16(12-4-2-3-5-13(12)21)26-19(22-15)23-24-25-26/h2-9,16H,1H3,(H,22,23,25)/t16-/m1/s1. The van der Waals surface area contributed by atoms with Gasteiger partial charge in [0.2, 0.25) is 5.95 Å². The number of aromatic nitrogens is 4. The summed E-state index contributed by atoms with van der Waals surface area (Å²) in [5.74, 6) is -1.75. The second-order valence-electron chi connectivity index (χ2n) is 6.11. The van der Waals surface area contributed by atoms with E-state index in [-0.39, 0.29) is 22.8 Å². The SMILES string of the molecule is COC(=O)C1=C(C(=O)c2ccc(Br)cc2)[C@@H](c2ccccc2F)n2nnnc2N1. The Morgan fingerprint density at radius 1 is 1.17 bits per heavy atom. The molecular formula is C19H13BrFN5O3. The number of carbonyl (C=O) groups excluding carboxylic acids is 2. The van der Waals surface area contributed by atoms with E-state index in [1.54, 1.807) is 30.3 Å². The fraction of sp³-hybridized carbons (Fsp3) is 0.105. The van der Waals surface area contributed by atoms with Crippen LogP contribution < -0.4 is 5.32 Å². The zero-order chi connectivity index (χ0) is 20.5. The van der Waals surface area contributed by atoms with Crippen LogP contribution in [0.15, 0.2) is 64.3 Å². The van der Waals surface area contributed by atoms with Gasteiger partial charge in [0.05, 0.1) is 12.7 Å². The molecule has 0 saturated carbocycles. The third kappa shape index (κ3) is 3.31. The first kappa shape index (κ1) is 18.9. The fourth-order valence-corrected chi connectivity index (χ4v) is 3.39. The van der Waals surface area contributed by atoms with E-state index < -0.39 is 23.6 Å². The van der Waals surface area contributed by atoms with Gasteiger partial charge in [0.25, 0.3) is 0 Å². The Hall–Kier alpha value is -3.40. The number of allylic oxidation sites excluding steroid dienone is 1. The zero-order valence-corrected chi connectivity index (χ0v) is 16.6. The van der Waals surface area contributed by atoms with Crippen molar-refractivity contribution in [2.45, 2.75) is 6.04 Å². The van der Waals surface area contributed by atoms with Crippen molar-refractivity contribution in [1.29, 1.82) is 0 Å². The molecule has 3 aromatic rings. The highest BCUT2D eigenvalue weighted by Crippen LogP contribution is 2.37. The molecule has 29 heavy (non-hydrogen) atoms. The Morgan fingerprint density at radius 2 is 1.90 bits per heavy atom. The van der Waals surface area contributed by atoms with Crippen LogP contribution in [0, 0.1) is 5.82 Å². The van der Waals surface area contributed by atoms with Crippen molar-refractivity contribution < 1.29 is 18.7 Å². The van der Waals surface area contributed by atoms with Crippen LogP contribution in [0.4, 0.5) is 10.3 Å². The van der Waals surface area contributed by atoms with Gasteiger partial charge in [-0.3, -0.25) is 4.79 Å². The van der Waals surface area contributed by atoms with Gasteiger partial charge in [-0.25, -0.2) is 9.18 Å². The number of anilines is 1. The first-order valence-electron chi connectivity index (χ1n) is 8.43. The molecule has 0 bridgehead atoms. The summed E-state index contributed by atoms with van der Waals surface area (Å²) >= 11 is 3.32. The monoisotopic (exact) mass is 457 g/mol. The van der Waals surface area contributed by atoms with E-state index in [0.717, 1.165) is 4.47 Å². The van der Waals surface area contributed by atoms with Gasteiger partial charge in [-0.15, -0.1) is 0 Å². The van der Waals surface area contributed by atoms with E-state index in [0.29, 0.717) is 5.56 Å². The summed E-state index contributed by atoms with van der Waals surface area (Å²) in [6.07, 6.45) is 0. The quantitative estimate of drug-likeness (QED) is 0.474. The van der Waals surface area contributed by atoms with E-state index in [9.17, 15) is 14.0 Å². The third-order valence-electron chi connectivity index (χ3n) is 4.46. The number of carbonyl (C=O) groups is 2. The van der Waals surface area contributed by atoms with Gasteiger partial charge in [-0.05, 0) is 40.8 Å². The largest absolute Gasteiger partial charge is 0.464 e. The molecule has 0 saturated heterocycles. The molecule has 1 N–H and O–H groups in total. The minimum Gasteiger partial charge on any atom is -0.464 e. The number of hydrogen-bond acceptors (Lipinski definition) is 7. The molecular weight excluding hydrogens is 445 g/mol. The van der Waals surface area contributed by atoms with Crippen molar-refractivity contribution in [3.05, 3.63) is 81.2 Å². The molecule has 1 aliphatic rings. The lowest BCUT2D eigenvalue weighted by Crippen LogP contribution is -2.33. The average molecular weight is 458 g/mol. The van der Waals surface area contributed by atoms with E-state index in [4.69, 9.17) is 4.74 Å². The van der Waals surface area contributed by atoms with Gasteiger partial charge in [0, 0.05) is 15.6 Å². The van der Waals surface area contributed by atoms with Gasteiger partial charge in [0.1, 0.15) is 17.6 Å². The van der Waals surface area contributed by atoms with Crippen LogP contribution >= 0.6 is 15.9 Å². The number of rotatable bonds is 4. The maximum Gasteiger partial charge on any atom is 0.355 e. The van der Waals surface area contributed by atoms with E-state index in [2.05, 4.69) is 36.8 Å². The average Bonchev–Trinajstić information content (AvgIpc) is 3.21. The number of esters is 1. The van der Waals surface area contributed by atoms with Gasteiger partial charge in [0.15, 0.2) is 5.78 Å². The zero-order valence-electron chi connectivity index (χ0n) is 15.0. The number of hydrogen-bond donors (Lipinski definition) is 1. The highest BCUT2D eigenvalue weighted by atomic mass is 79.9. The number of tetrazole rings is 1. The number of halogens is 2. The Bertz CT molecular complexity index is 1140. The van der Waals surface area contributed by atoms with Crippen LogP contribution in [0.2, 0.25) is 0 Å². The van der Waals surface area contributed by atoms with Gasteiger partial charge >= 0.3 is 5.97 Å². The van der Waals surface area contributed by atoms with E-state index in [1.807, 2.05) is 0 Å². The smallest absolute Gasteiger partial charge is 0.355 e. The Labute approximate surface area is 172 Å². The molecule has 2 aromatic carbocycles. The Kier molecular flexibility index (Phi) is 4.93. The minimum absolute atomic E-state index is 0.0240. The number of benzene rings is 2. The highest BCUT2D eigenvalue weighted by Gasteiger charge is 2.39. The summed E-state index contributed by atoms with van der Waals surface area (Å²) < 4.78 is 21.6. The molecule has 10 heteroatoms. The molecule has 1 aliphatic heterocycles. The molecule has 0 aliphatic carbocycles. The van der Waals surface area contributed by atoms with Crippen molar-refractivity contribution in [1.82, 2.24) is 20.2 Å². The van der Waals surface area contributed by atoms with Crippen LogP contribution in [0.3, 0.4) is 0 Å². The maximum absolute atomic E-state index is 14.7. The lowest BCUT2D eigenvalue weighted by molar-refractivity contribution is -0.136. The predicted octanol–water partition coefficient (Wildman–Crippen LogP) is 2.90. The number of fused-ring (bicyclic) bond motifs is 1. The molecule has 0 unspecified atom stereocenters. The number of ether oxygens (including phenoxy) is 1. The topological polar surface area (TPSA) is 99.0 Å². The summed E-state index contributed by atoms with van der Waals surface area (Å²) in [7, 11) is 1.19. The van der Waals surface area contributed by atoms with Crippen molar-refractivity contribution >= 4 is 33.6 Å². The van der Waals surface area contributed by atoms with Crippen LogP contribution in [0.5, 0.6) is 0 Å². The third-order valence-corrected chi connectivity index (χ3v) is 4.99. The van der Waals surface area contributed by atoms with Crippen LogP contribution in [0.25, 0.3) is 0 Å². The summed E-state index contributed by atoms with van der Waals surface area (Å²) in [5.41, 5.74) is 0.286. The first-order valence-corrected chi connectivity index (χ1v) is 9.22. The number of nitrogens with zero attached hydrogens (tertiary/aromatic N) is 4. The van der Waals surface area contributed by atoms with Gasteiger partial charge in [-0.1, -0.05) is 39.2 Å². The molecule has 0 fully saturated rings. The minimum atomic E-state index is -1.06. The van der Waals surface area contributed by atoms with Gasteiger partial charge < -0.3 is 10.1 Å². The van der Waals surface area contributed by atoms with Crippen LogP contribution in [-0.4, -0.2) is 39.1 Å². The lowest BCUT2D eigenvalue weighted by Gasteiger charge is -2.28. The molecule has 0 radical (unpaired) electrons. The second kappa shape index (κ2) is 7.55. The molecule has 4 rings (SSSR count). The van der Waals surface area contributed by atoms with Gasteiger partial charge in [-0.2, -0.15) is 4.68 Å². The summed E-state index contributed by atoms with van der Waals surface area (Å²) in [6, 6.07) is 11.5. The first-order chi connectivity index (χ1) is 14.0. The van der Waals surface area contributed by atoms with Crippen molar-refractivity contribution in [2.24, 2.45) is 0 Å². The number of ketones is 1. The van der Waals surface area contributed by atoms with Crippen LogP contribution in [0.1, 0.15) is 22.0 Å². The molecule has 146 valence electrons. The van der Waals surface area contributed by atoms with Crippen molar-refractivity contribution in [3.63, 3.8) is 0 Å². The van der Waals surface area contributed by atoms with E-state index in [1.165, 1.54) is 30.0 Å². The molecule has 8 nitrogen and oxygen atoms in total. The maximum atomic E-state index is 14.7. The summed E-state index contributed by atoms with van der Waals surface area (Å²) in [6.45, 7) is 0. The summed E-state index contributed by atoms with van der Waals surface area (Å²) in [4.78, 5) is 25.9. The Morgan fingerprint density at radius 3 is 2.59 bits per heavy atom.